The molecule has 1 aromatic carbocycles. The highest BCUT2D eigenvalue weighted by Gasteiger charge is 2.19. The van der Waals surface area contributed by atoms with Crippen molar-refractivity contribution >= 4 is 17.9 Å². The lowest BCUT2D eigenvalue weighted by atomic mass is 10.2. The van der Waals surface area contributed by atoms with Crippen molar-refractivity contribution < 1.29 is 28.6 Å². The van der Waals surface area contributed by atoms with E-state index in [4.69, 9.17) is 14.2 Å². The van der Waals surface area contributed by atoms with Gasteiger partial charge in [0, 0.05) is 12.8 Å². The van der Waals surface area contributed by atoms with Crippen LogP contribution in [0.5, 0.6) is 0 Å². The molecule has 0 N–H and O–H groups in total. The largest absolute Gasteiger partial charge is 0.462 e. The third-order valence-corrected chi connectivity index (χ3v) is 2.72. The van der Waals surface area contributed by atoms with E-state index in [2.05, 4.69) is 0 Å². The number of rotatable bonds is 8. The zero-order valence-corrected chi connectivity index (χ0v) is 12.7. The van der Waals surface area contributed by atoms with Crippen molar-refractivity contribution in [2.75, 3.05) is 13.2 Å². The number of esters is 3. The van der Waals surface area contributed by atoms with E-state index in [1.54, 1.807) is 44.2 Å². The van der Waals surface area contributed by atoms with Gasteiger partial charge in [-0.1, -0.05) is 32.0 Å². The summed E-state index contributed by atoms with van der Waals surface area (Å²) in [5.74, 6) is -1.39. The Morgan fingerprint density at radius 3 is 1.86 bits per heavy atom. The Balaban J connectivity index is 2.61. The minimum atomic E-state index is -0.835. The first-order valence-corrected chi connectivity index (χ1v) is 7.14. The number of carbonyl (C=O) groups excluding carboxylic acids is 3. The number of hydrogen-bond acceptors (Lipinski definition) is 6. The van der Waals surface area contributed by atoms with Gasteiger partial charge in [0.2, 0.25) is 0 Å². The first kappa shape index (κ1) is 17.7. The van der Waals surface area contributed by atoms with Gasteiger partial charge in [-0.15, -0.1) is 0 Å². The fourth-order valence-corrected chi connectivity index (χ4v) is 1.49. The molecular weight excluding hydrogens is 288 g/mol. The number of benzene rings is 1. The average molecular weight is 308 g/mol. The maximum Gasteiger partial charge on any atom is 0.338 e. The van der Waals surface area contributed by atoms with E-state index >= 15 is 0 Å². The van der Waals surface area contributed by atoms with Crippen molar-refractivity contribution in [1.82, 2.24) is 0 Å². The third kappa shape index (κ3) is 6.39. The van der Waals surface area contributed by atoms with E-state index in [-0.39, 0.29) is 26.1 Å². The molecule has 6 nitrogen and oxygen atoms in total. The van der Waals surface area contributed by atoms with Gasteiger partial charge in [0.1, 0.15) is 13.2 Å². The van der Waals surface area contributed by atoms with Gasteiger partial charge in [0.15, 0.2) is 6.10 Å². The summed E-state index contributed by atoms with van der Waals surface area (Å²) in [6.07, 6.45) is -0.402. The van der Waals surface area contributed by atoms with Gasteiger partial charge in [-0.3, -0.25) is 9.59 Å². The van der Waals surface area contributed by atoms with Gasteiger partial charge in [0.05, 0.1) is 5.56 Å². The summed E-state index contributed by atoms with van der Waals surface area (Å²) in [5.41, 5.74) is 0.371. The Morgan fingerprint density at radius 1 is 0.909 bits per heavy atom. The Hall–Kier alpha value is -2.37. The van der Waals surface area contributed by atoms with Crippen LogP contribution in [0.3, 0.4) is 0 Å². The lowest BCUT2D eigenvalue weighted by Crippen LogP contribution is -2.30. The highest BCUT2D eigenvalue weighted by molar-refractivity contribution is 5.89. The molecule has 0 saturated heterocycles. The molecule has 0 unspecified atom stereocenters. The van der Waals surface area contributed by atoms with Crippen LogP contribution in [-0.4, -0.2) is 37.2 Å². The predicted molar refractivity (Wildman–Crippen MR) is 78.1 cm³/mol. The molecule has 0 radical (unpaired) electrons. The molecule has 0 spiro atoms. The second-order valence-electron chi connectivity index (χ2n) is 4.47. The van der Waals surface area contributed by atoms with Crippen LogP contribution in [0, 0.1) is 0 Å². The van der Waals surface area contributed by atoms with Crippen molar-refractivity contribution in [2.24, 2.45) is 0 Å². The molecule has 6 heteroatoms. The van der Waals surface area contributed by atoms with Gasteiger partial charge in [0.25, 0.3) is 0 Å². The number of carbonyl (C=O) groups is 3. The van der Waals surface area contributed by atoms with Crippen LogP contribution in [-0.2, 0) is 23.8 Å². The van der Waals surface area contributed by atoms with Crippen LogP contribution in [0.25, 0.3) is 0 Å². The molecule has 0 fully saturated rings. The first-order chi connectivity index (χ1) is 10.6. The van der Waals surface area contributed by atoms with Crippen molar-refractivity contribution in [3.63, 3.8) is 0 Å². The molecule has 0 heterocycles. The smallest absolute Gasteiger partial charge is 0.338 e. The molecule has 0 saturated carbocycles. The zero-order chi connectivity index (χ0) is 16.4. The van der Waals surface area contributed by atoms with E-state index in [1.165, 1.54) is 0 Å². The van der Waals surface area contributed by atoms with E-state index in [0.29, 0.717) is 5.56 Å². The maximum atomic E-state index is 12.0. The van der Waals surface area contributed by atoms with Crippen molar-refractivity contribution in [1.29, 1.82) is 0 Å². The van der Waals surface area contributed by atoms with E-state index in [1.807, 2.05) is 0 Å². The van der Waals surface area contributed by atoms with Gasteiger partial charge in [-0.05, 0) is 12.1 Å². The standard InChI is InChI=1S/C16H20O6/c1-3-14(17)20-10-13(11-21-15(18)4-2)22-16(19)12-8-6-5-7-9-12/h5-9,13H,3-4,10-11H2,1-2H3. The van der Waals surface area contributed by atoms with Crippen molar-refractivity contribution in [3.05, 3.63) is 35.9 Å². The van der Waals surface area contributed by atoms with Gasteiger partial charge in [-0.25, -0.2) is 4.79 Å². The maximum absolute atomic E-state index is 12.0. The molecule has 0 bridgehead atoms. The van der Waals surface area contributed by atoms with Crippen molar-refractivity contribution in [3.8, 4) is 0 Å². The SMILES string of the molecule is CCC(=O)OCC(COC(=O)CC)OC(=O)c1ccccc1. The van der Waals surface area contributed by atoms with Gasteiger partial charge in [-0.2, -0.15) is 0 Å². The van der Waals surface area contributed by atoms with E-state index in [0.717, 1.165) is 0 Å². The summed E-state index contributed by atoms with van der Waals surface area (Å²) in [4.78, 5) is 34.4. The highest BCUT2D eigenvalue weighted by atomic mass is 16.6. The Morgan fingerprint density at radius 2 is 1.41 bits per heavy atom. The van der Waals surface area contributed by atoms with Crippen LogP contribution in [0.2, 0.25) is 0 Å². The summed E-state index contributed by atoms with van der Waals surface area (Å²) in [6.45, 7) is 3.01. The van der Waals surface area contributed by atoms with Crippen LogP contribution >= 0.6 is 0 Å². The normalized spacial score (nSPS) is 10.1. The zero-order valence-electron chi connectivity index (χ0n) is 12.7. The molecule has 0 aliphatic carbocycles. The van der Waals surface area contributed by atoms with Crippen LogP contribution < -0.4 is 0 Å². The Kier molecular flexibility index (Phi) is 7.67. The van der Waals surface area contributed by atoms with E-state index in [9.17, 15) is 14.4 Å². The molecule has 0 aromatic heterocycles. The summed E-state index contributed by atoms with van der Waals surface area (Å²) >= 11 is 0. The number of ether oxygens (including phenoxy) is 3. The molecule has 0 atom stereocenters. The van der Waals surface area contributed by atoms with Crippen LogP contribution in [0.1, 0.15) is 37.0 Å². The summed E-state index contributed by atoms with van der Waals surface area (Å²) < 4.78 is 15.1. The molecule has 0 aliphatic heterocycles. The first-order valence-electron chi connectivity index (χ1n) is 7.14. The number of hydrogen-bond donors (Lipinski definition) is 0. The minimum Gasteiger partial charge on any atom is -0.462 e. The fourth-order valence-electron chi connectivity index (χ4n) is 1.49. The van der Waals surface area contributed by atoms with Crippen molar-refractivity contribution in [2.45, 2.75) is 32.8 Å². The summed E-state index contributed by atoms with van der Waals surface area (Å²) in [7, 11) is 0. The molecule has 1 rings (SSSR count). The Bertz CT molecular complexity index is 477. The highest BCUT2D eigenvalue weighted by Crippen LogP contribution is 2.06. The Labute approximate surface area is 129 Å². The molecule has 0 amide bonds. The fraction of sp³-hybridized carbons (Fsp3) is 0.438. The summed E-state index contributed by atoms with van der Waals surface area (Å²) in [5, 5.41) is 0. The van der Waals surface area contributed by atoms with Gasteiger partial charge < -0.3 is 14.2 Å². The van der Waals surface area contributed by atoms with Crippen LogP contribution in [0.4, 0.5) is 0 Å². The minimum absolute atomic E-state index is 0.151. The molecular formula is C16H20O6. The van der Waals surface area contributed by atoms with E-state index < -0.39 is 24.0 Å². The van der Waals surface area contributed by atoms with Crippen LogP contribution in [0.15, 0.2) is 30.3 Å². The quantitative estimate of drug-likeness (QED) is 0.540. The second-order valence-corrected chi connectivity index (χ2v) is 4.47. The third-order valence-electron chi connectivity index (χ3n) is 2.72. The summed E-state index contributed by atoms with van der Waals surface area (Å²) in [6, 6.07) is 8.41. The average Bonchev–Trinajstić information content (AvgIpc) is 2.57. The topological polar surface area (TPSA) is 78.9 Å². The lowest BCUT2D eigenvalue weighted by molar-refractivity contribution is -0.152. The molecule has 120 valence electrons. The molecule has 22 heavy (non-hydrogen) atoms. The van der Waals surface area contributed by atoms with Gasteiger partial charge >= 0.3 is 17.9 Å². The monoisotopic (exact) mass is 308 g/mol. The lowest BCUT2D eigenvalue weighted by Gasteiger charge is -2.17. The molecule has 1 aromatic rings. The second kappa shape index (κ2) is 9.55. The molecule has 0 aliphatic rings. The predicted octanol–water partition coefficient (Wildman–Crippen LogP) is 2.12.